The topological polar surface area (TPSA) is 45.2 Å². The number of fused-ring (bicyclic) bond motifs is 1. The maximum absolute atomic E-state index is 12.6. The van der Waals surface area contributed by atoms with E-state index in [1.54, 1.807) is 0 Å². The van der Waals surface area contributed by atoms with Crippen LogP contribution >= 0.6 is 0 Å². The molecule has 0 radical (unpaired) electrons. The highest BCUT2D eigenvalue weighted by Gasteiger charge is 2.22. The lowest BCUT2D eigenvalue weighted by atomic mass is 9.90. The fraction of sp³-hybridized carbons (Fsp3) is 0.455. The predicted molar refractivity (Wildman–Crippen MR) is 103 cm³/mol. The van der Waals surface area contributed by atoms with E-state index in [0.29, 0.717) is 18.2 Å². The van der Waals surface area contributed by atoms with Crippen LogP contribution in [0.25, 0.3) is 0 Å². The van der Waals surface area contributed by atoms with E-state index < -0.39 is 0 Å². The van der Waals surface area contributed by atoms with Gasteiger partial charge in [0, 0.05) is 45.0 Å². The van der Waals surface area contributed by atoms with Gasteiger partial charge in [0.2, 0.25) is 5.91 Å². The zero-order valence-electron chi connectivity index (χ0n) is 15.3. The Labute approximate surface area is 155 Å². The number of hydrogen-bond donors (Lipinski definition) is 1. The van der Waals surface area contributed by atoms with Gasteiger partial charge in [-0.05, 0) is 66.0 Å². The van der Waals surface area contributed by atoms with Crippen LogP contribution in [0, 0.1) is 5.92 Å². The Hall–Kier alpha value is -2.20. The fourth-order valence-electron chi connectivity index (χ4n) is 4.15. The van der Waals surface area contributed by atoms with Crippen LogP contribution in [0.2, 0.25) is 0 Å². The molecule has 0 bridgehead atoms. The molecule has 136 valence electrons. The number of carbonyl (C=O) groups is 1. The van der Waals surface area contributed by atoms with E-state index in [-0.39, 0.29) is 0 Å². The van der Waals surface area contributed by atoms with Gasteiger partial charge < -0.3 is 10.2 Å². The number of nitrogens with one attached hydrogen (secondary N) is 1. The van der Waals surface area contributed by atoms with Crippen LogP contribution < -0.4 is 5.32 Å². The number of amides is 1. The van der Waals surface area contributed by atoms with Gasteiger partial charge in [0.05, 0.1) is 0 Å². The third-order valence-corrected chi connectivity index (χ3v) is 5.77. The van der Waals surface area contributed by atoms with Gasteiger partial charge in [-0.1, -0.05) is 18.2 Å². The number of carbonyl (C=O) groups excluding carboxylic acids is 1. The Kier molecular flexibility index (Phi) is 5.30. The molecule has 0 saturated carbocycles. The number of benzene rings is 1. The molecule has 26 heavy (non-hydrogen) atoms. The van der Waals surface area contributed by atoms with Crippen LogP contribution in [-0.2, 0) is 30.7 Å². The Morgan fingerprint density at radius 2 is 1.81 bits per heavy atom. The second-order valence-electron chi connectivity index (χ2n) is 7.59. The molecule has 2 aliphatic heterocycles. The summed E-state index contributed by atoms with van der Waals surface area (Å²) in [7, 11) is 0. The van der Waals surface area contributed by atoms with Crippen molar-refractivity contribution in [3.8, 4) is 0 Å². The van der Waals surface area contributed by atoms with Crippen molar-refractivity contribution in [1.29, 1.82) is 0 Å². The summed E-state index contributed by atoms with van der Waals surface area (Å²) in [5, 5.41) is 3.37. The highest BCUT2D eigenvalue weighted by molar-refractivity contribution is 5.76. The number of nitrogens with zero attached hydrogens (tertiary/aromatic N) is 2. The van der Waals surface area contributed by atoms with Gasteiger partial charge in [-0.2, -0.15) is 0 Å². The van der Waals surface area contributed by atoms with Crippen LogP contribution in [-0.4, -0.2) is 28.9 Å². The van der Waals surface area contributed by atoms with Crippen molar-refractivity contribution >= 4 is 5.91 Å². The molecule has 3 heterocycles. The molecular formula is C22H27N3O. The lowest BCUT2D eigenvalue weighted by Gasteiger charge is -2.32. The van der Waals surface area contributed by atoms with Crippen molar-refractivity contribution in [2.45, 2.75) is 45.2 Å². The Bertz CT molecular complexity index is 751. The number of aryl methyl sites for hydroxylation is 1. The minimum Gasteiger partial charge on any atom is -0.343 e. The predicted octanol–water partition coefficient (Wildman–Crippen LogP) is 3.10. The Morgan fingerprint density at radius 3 is 2.62 bits per heavy atom. The van der Waals surface area contributed by atoms with Gasteiger partial charge in [0.1, 0.15) is 0 Å². The summed E-state index contributed by atoms with van der Waals surface area (Å²) in [5.74, 6) is 0.997. The van der Waals surface area contributed by atoms with E-state index in [9.17, 15) is 4.79 Å². The zero-order valence-corrected chi connectivity index (χ0v) is 15.3. The van der Waals surface area contributed by atoms with Crippen LogP contribution in [0.15, 0.2) is 42.7 Å². The summed E-state index contributed by atoms with van der Waals surface area (Å²) < 4.78 is 0. The van der Waals surface area contributed by atoms with E-state index in [1.807, 2.05) is 12.4 Å². The third-order valence-electron chi connectivity index (χ3n) is 5.77. The summed E-state index contributed by atoms with van der Waals surface area (Å²) in [6.07, 6.45) is 8.53. The van der Waals surface area contributed by atoms with Gasteiger partial charge in [-0.3, -0.25) is 9.78 Å². The molecular weight excluding hydrogens is 322 g/mol. The van der Waals surface area contributed by atoms with Crippen LogP contribution in [0.4, 0.5) is 0 Å². The van der Waals surface area contributed by atoms with Gasteiger partial charge in [-0.25, -0.2) is 0 Å². The van der Waals surface area contributed by atoms with E-state index in [1.165, 1.54) is 22.3 Å². The van der Waals surface area contributed by atoms with Crippen molar-refractivity contribution in [3.05, 3.63) is 65.0 Å². The summed E-state index contributed by atoms with van der Waals surface area (Å²) in [6, 6.07) is 10.9. The van der Waals surface area contributed by atoms with Crippen LogP contribution in [0.1, 0.15) is 41.5 Å². The minimum absolute atomic E-state index is 0.311. The Morgan fingerprint density at radius 1 is 1.04 bits per heavy atom. The molecule has 1 fully saturated rings. The summed E-state index contributed by atoms with van der Waals surface area (Å²) >= 11 is 0. The molecule has 0 aliphatic carbocycles. The third kappa shape index (κ3) is 4.13. The molecule has 1 aromatic carbocycles. The molecule has 2 aliphatic rings. The fourth-order valence-corrected chi connectivity index (χ4v) is 4.15. The molecule has 0 spiro atoms. The molecule has 0 unspecified atom stereocenters. The molecule has 2 aromatic rings. The average Bonchev–Trinajstić information content (AvgIpc) is 3.15. The smallest absolute Gasteiger partial charge is 0.222 e. The normalized spacial score (nSPS) is 17.3. The second kappa shape index (κ2) is 8.00. The first kappa shape index (κ1) is 17.2. The standard InChI is InChI=1S/C22H27N3O/c26-22(4-2-17-1-3-20-15-24-16-21(20)14-17)25-11-7-19(8-12-25)13-18-5-9-23-10-6-18/h1,3,5-6,9-10,14,19,24H,2,4,7-8,11-13,15-16H2. The Balaban J connectivity index is 1.23. The first-order valence-corrected chi connectivity index (χ1v) is 9.76. The molecule has 4 rings (SSSR count). The number of hydrogen-bond acceptors (Lipinski definition) is 3. The lowest BCUT2D eigenvalue weighted by molar-refractivity contribution is -0.132. The minimum atomic E-state index is 0.311. The number of piperidine rings is 1. The molecule has 1 N–H and O–H groups in total. The van der Waals surface area contributed by atoms with Crippen molar-refractivity contribution in [2.24, 2.45) is 5.92 Å². The number of pyridine rings is 1. The van der Waals surface area contributed by atoms with Gasteiger partial charge in [-0.15, -0.1) is 0 Å². The first-order chi connectivity index (χ1) is 12.8. The molecule has 1 saturated heterocycles. The maximum Gasteiger partial charge on any atom is 0.222 e. The van der Waals surface area contributed by atoms with E-state index in [0.717, 1.165) is 51.9 Å². The number of likely N-dealkylation sites (tertiary alicyclic amines) is 1. The highest BCUT2D eigenvalue weighted by atomic mass is 16.2. The van der Waals surface area contributed by atoms with Crippen molar-refractivity contribution < 1.29 is 4.79 Å². The first-order valence-electron chi connectivity index (χ1n) is 9.76. The van der Waals surface area contributed by atoms with Crippen LogP contribution in [0.5, 0.6) is 0 Å². The highest BCUT2D eigenvalue weighted by Crippen LogP contribution is 2.23. The SMILES string of the molecule is O=C(CCc1ccc2c(c1)CNC2)N1CCC(Cc2ccncc2)CC1. The summed E-state index contributed by atoms with van der Waals surface area (Å²) in [4.78, 5) is 18.7. The largest absolute Gasteiger partial charge is 0.343 e. The van der Waals surface area contributed by atoms with Crippen LogP contribution in [0.3, 0.4) is 0 Å². The van der Waals surface area contributed by atoms with Gasteiger partial charge in [0.15, 0.2) is 0 Å². The number of rotatable bonds is 5. The van der Waals surface area contributed by atoms with Gasteiger partial charge in [0.25, 0.3) is 0 Å². The molecule has 4 heteroatoms. The average molecular weight is 349 g/mol. The van der Waals surface area contributed by atoms with Crippen molar-refractivity contribution in [2.75, 3.05) is 13.1 Å². The van der Waals surface area contributed by atoms with Crippen molar-refractivity contribution in [3.63, 3.8) is 0 Å². The zero-order chi connectivity index (χ0) is 17.8. The molecule has 0 atom stereocenters. The summed E-state index contributed by atoms with van der Waals surface area (Å²) in [5.41, 5.74) is 5.44. The van der Waals surface area contributed by atoms with Crippen molar-refractivity contribution in [1.82, 2.24) is 15.2 Å². The summed E-state index contributed by atoms with van der Waals surface area (Å²) in [6.45, 7) is 3.75. The van der Waals surface area contributed by atoms with Gasteiger partial charge >= 0.3 is 0 Å². The molecule has 1 amide bonds. The maximum atomic E-state index is 12.6. The van der Waals surface area contributed by atoms with E-state index >= 15 is 0 Å². The van der Waals surface area contributed by atoms with E-state index in [4.69, 9.17) is 0 Å². The molecule has 4 nitrogen and oxygen atoms in total. The van der Waals surface area contributed by atoms with E-state index in [2.05, 4.69) is 45.5 Å². The number of aromatic nitrogens is 1. The second-order valence-corrected chi connectivity index (χ2v) is 7.59. The lowest BCUT2D eigenvalue weighted by Crippen LogP contribution is -2.39. The monoisotopic (exact) mass is 349 g/mol. The molecule has 1 aromatic heterocycles. The quantitative estimate of drug-likeness (QED) is 0.902.